The zero-order chi connectivity index (χ0) is 10.9. The zero-order valence-electron chi connectivity index (χ0n) is 8.89. The summed E-state index contributed by atoms with van der Waals surface area (Å²) in [7, 11) is 0. The summed E-state index contributed by atoms with van der Waals surface area (Å²) in [4.78, 5) is 11.2. The fourth-order valence-corrected chi connectivity index (χ4v) is 2.08. The monoisotopic (exact) mass is 216 g/mol. The first kappa shape index (κ1) is 11.3. The van der Waals surface area contributed by atoms with Crippen molar-refractivity contribution in [2.75, 3.05) is 6.26 Å². The van der Waals surface area contributed by atoms with Crippen molar-refractivity contribution in [2.45, 2.75) is 31.8 Å². The van der Waals surface area contributed by atoms with Crippen molar-refractivity contribution in [3.05, 3.63) is 0 Å². The van der Waals surface area contributed by atoms with E-state index in [2.05, 4.69) is 5.10 Å². The van der Waals surface area contributed by atoms with Crippen LogP contribution in [0, 0.1) is 0 Å². The van der Waals surface area contributed by atoms with Gasteiger partial charge in [-0.3, -0.25) is 9.80 Å². The summed E-state index contributed by atoms with van der Waals surface area (Å²) in [5.74, 6) is 5.39. The molecule has 1 unspecified atom stereocenters. The number of hydrogen-bond donors (Lipinski definition) is 1. The molecule has 14 heavy (non-hydrogen) atoms. The van der Waals surface area contributed by atoms with E-state index in [9.17, 15) is 4.79 Å². The second kappa shape index (κ2) is 3.78. The van der Waals surface area contributed by atoms with Crippen LogP contribution in [0.5, 0.6) is 0 Å². The van der Waals surface area contributed by atoms with Gasteiger partial charge in [-0.05, 0) is 27.0 Å². The highest BCUT2D eigenvalue weighted by atomic mass is 32.2. The number of nitrogens with zero attached hydrogens (tertiary/aromatic N) is 3. The molecule has 0 spiro atoms. The number of nitrogens with two attached hydrogens (primary N) is 1. The molecular weight excluding hydrogens is 200 g/mol. The van der Waals surface area contributed by atoms with E-state index in [1.165, 1.54) is 23.0 Å². The Morgan fingerprint density at radius 3 is 2.57 bits per heavy atom. The molecule has 80 valence electrons. The number of thioether (sulfide) groups is 1. The molecule has 0 radical (unpaired) electrons. The normalized spacial score (nSPS) is 23.2. The Bertz CT molecular complexity index is 261. The number of hydrazine groups is 1. The molecule has 0 aliphatic carbocycles. The third kappa shape index (κ3) is 2.01. The predicted molar refractivity (Wildman–Crippen MR) is 58.4 cm³/mol. The van der Waals surface area contributed by atoms with Crippen LogP contribution >= 0.6 is 11.8 Å². The number of carbonyl (C=O) groups is 1. The third-order valence-corrected chi connectivity index (χ3v) is 2.74. The maximum absolute atomic E-state index is 11.2. The average molecular weight is 216 g/mol. The van der Waals surface area contributed by atoms with Gasteiger partial charge in [-0.1, -0.05) is 0 Å². The van der Waals surface area contributed by atoms with E-state index < -0.39 is 0 Å². The van der Waals surface area contributed by atoms with Gasteiger partial charge in [-0.25, -0.2) is 10.9 Å². The number of hydrogen-bond acceptors (Lipinski definition) is 5. The van der Waals surface area contributed by atoms with Gasteiger partial charge in [-0.15, -0.1) is 11.8 Å². The van der Waals surface area contributed by atoms with Gasteiger partial charge in [0.05, 0.1) is 5.54 Å². The van der Waals surface area contributed by atoms with Crippen molar-refractivity contribution >= 4 is 23.9 Å². The Morgan fingerprint density at radius 1 is 1.57 bits per heavy atom. The lowest BCUT2D eigenvalue weighted by Crippen LogP contribution is -2.59. The van der Waals surface area contributed by atoms with Crippen LogP contribution < -0.4 is 5.84 Å². The van der Waals surface area contributed by atoms with E-state index in [1.54, 1.807) is 0 Å². The molecule has 6 heteroatoms. The van der Waals surface area contributed by atoms with Crippen LogP contribution in [-0.2, 0) is 4.79 Å². The van der Waals surface area contributed by atoms with Gasteiger partial charge in [-0.2, -0.15) is 5.10 Å². The Balaban J connectivity index is 2.96. The minimum absolute atomic E-state index is 0.150. The Kier molecular flexibility index (Phi) is 3.06. The lowest BCUT2D eigenvalue weighted by atomic mass is 10.1. The van der Waals surface area contributed by atoms with Crippen LogP contribution in [0.4, 0.5) is 0 Å². The predicted octanol–water partition coefficient (Wildman–Crippen LogP) is 0.435. The summed E-state index contributed by atoms with van der Waals surface area (Å²) in [5, 5.41) is 7.12. The van der Waals surface area contributed by atoms with Crippen molar-refractivity contribution in [1.82, 2.24) is 10.0 Å². The van der Waals surface area contributed by atoms with E-state index in [-0.39, 0.29) is 16.9 Å². The van der Waals surface area contributed by atoms with Crippen molar-refractivity contribution in [1.29, 1.82) is 0 Å². The number of carbonyl (C=O) groups excluding carboxylic acids is 1. The number of rotatable bonds is 1. The number of amides is 1. The highest BCUT2D eigenvalue weighted by Gasteiger charge is 2.35. The smallest absolute Gasteiger partial charge is 0.266 e. The lowest BCUT2D eigenvalue weighted by molar-refractivity contribution is -0.130. The highest BCUT2D eigenvalue weighted by Crippen LogP contribution is 2.26. The van der Waals surface area contributed by atoms with Crippen molar-refractivity contribution in [3.63, 3.8) is 0 Å². The molecule has 5 nitrogen and oxygen atoms in total. The fraction of sp³-hybridized carbons (Fsp3) is 0.750. The van der Waals surface area contributed by atoms with Crippen LogP contribution in [-0.4, -0.2) is 39.4 Å². The molecule has 2 N–H and O–H groups in total. The molecule has 1 amide bonds. The minimum atomic E-state index is -0.259. The van der Waals surface area contributed by atoms with Crippen molar-refractivity contribution in [2.24, 2.45) is 10.9 Å². The summed E-state index contributed by atoms with van der Waals surface area (Å²) in [6, 6.07) is 0. The fourth-order valence-electron chi connectivity index (χ4n) is 1.18. The lowest BCUT2D eigenvalue weighted by Gasteiger charge is -2.43. The summed E-state index contributed by atoms with van der Waals surface area (Å²) in [6.07, 6.45) is 3.15. The molecule has 0 aromatic rings. The topological polar surface area (TPSA) is 61.9 Å². The van der Waals surface area contributed by atoms with E-state index in [4.69, 9.17) is 5.84 Å². The van der Waals surface area contributed by atoms with E-state index in [1.807, 2.05) is 32.0 Å². The Labute approximate surface area is 88.3 Å². The summed E-state index contributed by atoms with van der Waals surface area (Å²) in [6.45, 7) is 6.07. The van der Waals surface area contributed by atoms with E-state index in [0.29, 0.717) is 0 Å². The molecule has 1 rings (SSSR count). The van der Waals surface area contributed by atoms with Crippen molar-refractivity contribution < 1.29 is 4.79 Å². The second-order valence-electron chi connectivity index (χ2n) is 4.07. The summed E-state index contributed by atoms with van der Waals surface area (Å²) >= 11 is 1.48. The summed E-state index contributed by atoms with van der Waals surface area (Å²) in [5.41, 5.74) is -0.379. The zero-order valence-corrected chi connectivity index (χ0v) is 9.71. The molecule has 1 atom stereocenters. The average Bonchev–Trinajstić information content (AvgIpc) is 2.07. The van der Waals surface area contributed by atoms with Gasteiger partial charge in [0.1, 0.15) is 6.21 Å². The van der Waals surface area contributed by atoms with Gasteiger partial charge >= 0.3 is 0 Å². The molecule has 1 heterocycles. The van der Waals surface area contributed by atoms with Crippen LogP contribution in [0.3, 0.4) is 0 Å². The van der Waals surface area contributed by atoms with Gasteiger partial charge < -0.3 is 0 Å². The van der Waals surface area contributed by atoms with Gasteiger partial charge in [0, 0.05) is 0 Å². The molecule has 0 fully saturated rings. The molecule has 0 bridgehead atoms. The van der Waals surface area contributed by atoms with Crippen LogP contribution in [0.2, 0.25) is 0 Å². The molecule has 1 aliphatic rings. The Morgan fingerprint density at radius 2 is 2.14 bits per heavy atom. The SMILES string of the molecule is CSC1N(N)C(=O)C=NN1C(C)(C)C. The maximum atomic E-state index is 11.2. The molecular formula is C8H16N4OS. The maximum Gasteiger partial charge on any atom is 0.283 e. The third-order valence-electron chi connectivity index (χ3n) is 1.89. The molecule has 1 aliphatic heterocycles. The van der Waals surface area contributed by atoms with E-state index in [0.717, 1.165) is 0 Å². The van der Waals surface area contributed by atoms with Crippen LogP contribution in [0.15, 0.2) is 5.10 Å². The largest absolute Gasteiger partial charge is 0.283 e. The van der Waals surface area contributed by atoms with Gasteiger partial charge in [0.15, 0.2) is 5.50 Å². The first-order valence-corrected chi connectivity index (χ1v) is 5.60. The second-order valence-corrected chi connectivity index (χ2v) is 4.96. The van der Waals surface area contributed by atoms with E-state index >= 15 is 0 Å². The van der Waals surface area contributed by atoms with Crippen LogP contribution in [0.1, 0.15) is 20.8 Å². The molecule has 0 aromatic heterocycles. The number of hydrazone groups is 1. The summed E-state index contributed by atoms with van der Waals surface area (Å²) < 4.78 is 0. The molecule has 0 saturated carbocycles. The van der Waals surface area contributed by atoms with Gasteiger partial charge in [0.2, 0.25) is 0 Å². The molecule has 0 saturated heterocycles. The first-order valence-electron chi connectivity index (χ1n) is 4.32. The first-order chi connectivity index (χ1) is 6.38. The standard InChI is InChI=1S/C8H16N4OS/c1-8(2,3)12-7(14-4)11(9)6(13)5-10-12/h5,7H,9H2,1-4H3. The Hall–Kier alpha value is -0.750. The van der Waals surface area contributed by atoms with Gasteiger partial charge in [0.25, 0.3) is 5.91 Å². The quantitative estimate of drug-likeness (QED) is 0.510. The highest BCUT2D eigenvalue weighted by molar-refractivity contribution is 7.99. The minimum Gasteiger partial charge on any atom is -0.266 e. The van der Waals surface area contributed by atoms with Crippen LogP contribution in [0.25, 0.3) is 0 Å². The van der Waals surface area contributed by atoms with Crippen molar-refractivity contribution in [3.8, 4) is 0 Å². The molecule has 0 aromatic carbocycles.